The molecule has 0 bridgehead atoms. The van der Waals surface area contributed by atoms with E-state index < -0.39 is 0 Å². The summed E-state index contributed by atoms with van der Waals surface area (Å²) in [7, 11) is 0. The molecular weight excluding hydrogens is 386 g/mol. The molecule has 2 aromatic rings. The van der Waals surface area contributed by atoms with E-state index in [1.54, 1.807) is 6.08 Å². The Morgan fingerprint density at radius 2 is 1.68 bits per heavy atom. The molecule has 1 fully saturated rings. The normalized spacial score (nSPS) is 14.5. The van der Waals surface area contributed by atoms with Gasteiger partial charge in [0, 0.05) is 50.4 Å². The van der Waals surface area contributed by atoms with Gasteiger partial charge in [-0.3, -0.25) is 9.59 Å². The SMILES string of the molecule is CCN(CCCNC(=O)C1CCN(C(=O)C=Cc2ccccc2)CC1)c1ccccc1. The molecule has 5 heteroatoms. The summed E-state index contributed by atoms with van der Waals surface area (Å²) in [5.41, 5.74) is 2.23. The fourth-order valence-corrected chi connectivity index (χ4v) is 3.93. The standard InChI is InChI=1S/C26H33N3O2/c1-2-28(24-12-7-4-8-13-24)19-9-18-27-26(31)23-16-20-29(21-17-23)25(30)15-14-22-10-5-3-6-11-22/h3-8,10-15,23H,2,9,16-21H2,1H3,(H,27,31). The highest BCUT2D eigenvalue weighted by Gasteiger charge is 2.26. The Labute approximate surface area is 185 Å². The topological polar surface area (TPSA) is 52.7 Å². The van der Waals surface area contributed by atoms with Gasteiger partial charge in [0.2, 0.25) is 11.8 Å². The molecule has 1 aliphatic heterocycles. The van der Waals surface area contributed by atoms with Crippen molar-refractivity contribution in [3.8, 4) is 0 Å². The molecule has 0 atom stereocenters. The van der Waals surface area contributed by atoms with Gasteiger partial charge >= 0.3 is 0 Å². The van der Waals surface area contributed by atoms with Gasteiger partial charge < -0.3 is 15.1 Å². The highest BCUT2D eigenvalue weighted by Crippen LogP contribution is 2.18. The Morgan fingerprint density at radius 1 is 1.03 bits per heavy atom. The minimum absolute atomic E-state index is 0.00134. The zero-order chi connectivity index (χ0) is 21.9. The number of carbonyl (C=O) groups excluding carboxylic acids is 2. The highest BCUT2D eigenvalue weighted by atomic mass is 16.2. The largest absolute Gasteiger partial charge is 0.372 e. The summed E-state index contributed by atoms with van der Waals surface area (Å²) in [5, 5.41) is 3.09. The van der Waals surface area contributed by atoms with Crippen molar-refractivity contribution in [3.63, 3.8) is 0 Å². The van der Waals surface area contributed by atoms with Crippen molar-refractivity contribution in [2.45, 2.75) is 26.2 Å². The van der Waals surface area contributed by atoms with E-state index in [1.165, 1.54) is 5.69 Å². The first-order chi connectivity index (χ1) is 15.2. The van der Waals surface area contributed by atoms with Gasteiger partial charge in [-0.25, -0.2) is 0 Å². The Balaban J connectivity index is 1.35. The van der Waals surface area contributed by atoms with Crippen LogP contribution in [0, 0.1) is 5.92 Å². The van der Waals surface area contributed by atoms with Crippen molar-refractivity contribution in [1.29, 1.82) is 0 Å². The molecule has 0 spiro atoms. The molecule has 1 heterocycles. The molecule has 1 saturated heterocycles. The predicted octanol–water partition coefficient (Wildman–Crippen LogP) is 3.97. The zero-order valence-electron chi connectivity index (χ0n) is 18.4. The number of hydrogen-bond donors (Lipinski definition) is 1. The van der Waals surface area contributed by atoms with E-state index in [0.717, 1.165) is 37.9 Å². The second kappa shape index (κ2) is 11.9. The van der Waals surface area contributed by atoms with Crippen LogP contribution in [0.25, 0.3) is 6.08 Å². The summed E-state index contributed by atoms with van der Waals surface area (Å²) in [6.45, 7) is 5.96. The van der Waals surface area contributed by atoms with E-state index in [1.807, 2.05) is 59.5 Å². The van der Waals surface area contributed by atoms with Gasteiger partial charge in [-0.05, 0) is 50.0 Å². The Morgan fingerprint density at radius 3 is 2.32 bits per heavy atom. The molecule has 31 heavy (non-hydrogen) atoms. The van der Waals surface area contributed by atoms with Crippen LogP contribution in [-0.2, 0) is 9.59 Å². The predicted molar refractivity (Wildman–Crippen MR) is 127 cm³/mol. The maximum absolute atomic E-state index is 12.5. The lowest BCUT2D eigenvalue weighted by atomic mass is 9.95. The molecule has 5 nitrogen and oxygen atoms in total. The average molecular weight is 420 g/mol. The van der Waals surface area contributed by atoms with Crippen molar-refractivity contribution in [2.24, 2.45) is 5.92 Å². The molecule has 2 amide bonds. The maximum Gasteiger partial charge on any atom is 0.246 e. The lowest BCUT2D eigenvalue weighted by Crippen LogP contribution is -2.43. The third kappa shape index (κ3) is 6.99. The maximum atomic E-state index is 12.5. The summed E-state index contributed by atoms with van der Waals surface area (Å²) < 4.78 is 0. The van der Waals surface area contributed by atoms with Crippen molar-refractivity contribution in [2.75, 3.05) is 37.6 Å². The molecule has 1 N–H and O–H groups in total. The molecule has 0 radical (unpaired) electrons. The molecule has 0 aromatic heterocycles. The van der Waals surface area contributed by atoms with Crippen LogP contribution in [0.2, 0.25) is 0 Å². The second-order valence-corrected chi connectivity index (χ2v) is 7.90. The van der Waals surface area contributed by atoms with E-state index in [4.69, 9.17) is 0 Å². The van der Waals surface area contributed by atoms with Gasteiger partial charge in [0.15, 0.2) is 0 Å². The number of hydrogen-bond acceptors (Lipinski definition) is 3. The van der Waals surface area contributed by atoms with Gasteiger partial charge in [-0.15, -0.1) is 0 Å². The van der Waals surface area contributed by atoms with Crippen molar-refractivity contribution >= 4 is 23.6 Å². The van der Waals surface area contributed by atoms with Crippen LogP contribution in [0.3, 0.4) is 0 Å². The van der Waals surface area contributed by atoms with Gasteiger partial charge in [0.1, 0.15) is 0 Å². The zero-order valence-corrected chi connectivity index (χ0v) is 18.4. The number of benzene rings is 2. The number of para-hydroxylation sites is 1. The lowest BCUT2D eigenvalue weighted by molar-refractivity contribution is -0.132. The van der Waals surface area contributed by atoms with Crippen LogP contribution >= 0.6 is 0 Å². The van der Waals surface area contributed by atoms with Crippen LogP contribution in [0.5, 0.6) is 0 Å². The first kappa shape index (κ1) is 22.6. The summed E-state index contributed by atoms with van der Waals surface area (Å²) in [5.74, 6) is 0.136. The third-order valence-corrected chi connectivity index (χ3v) is 5.80. The van der Waals surface area contributed by atoms with E-state index in [-0.39, 0.29) is 17.7 Å². The summed E-state index contributed by atoms with van der Waals surface area (Å²) in [6.07, 6.45) is 5.83. The lowest BCUT2D eigenvalue weighted by Gasteiger charge is -2.30. The molecule has 2 aromatic carbocycles. The number of piperidine rings is 1. The molecule has 0 saturated carbocycles. The van der Waals surface area contributed by atoms with E-state index in [0.29, 0.717) is 19.6 Å². The number of anilines is 1. The summed E-state index contributed by atoms with van der Waals surface area (Å²) in [6, 6.07) is 20.2. The highest BCUT2D eigenvalue weighted by molar-refractivity contribution is 5.92. The average Bonchev–Trinajstić information content (AvgIpc) is 2.83. The minimum atomic E-state index is -0.00134. The number of nitrogens with one attached hydrogen (secondary N) is 1. The van der Waals surface area contributed by atoms with Crippen LogP contribution in [0.4, 0.5) is 5.69 Å². The van der Waals surface area contributed by atoms with Gasteiger partial charge in [0.05, 0.1) is 0 Å². The number of carbonyl (C=O) groups is 2. The Kier molecular flexibility index (Phi) is 8.71. The summed E-state index contributed by atoms with van der Waals surface area (Å²) in [4.78, 5) is 29.1. The summed E-state index contributed by atoms with van der Waals surface area (Å²) >= 11 is 0. The third-order valence-electron chi connectivity index (χ3n) is 5.80. The van der Waals surface area contributed by atoms with Gasteiger partial charge in [-0.2, -0.15) is 0 Å². The number of amides is 2. The Hall–Kier alpha value is -3.08. The fraction of sp³-hybridized carbons (Fsp3) is 0.385. The molecule has 1 aliphatic rings. The van der Waals surface area contributed by atoms with Gasteiger partial charge in [0.25, 0.3) is 0 Å². The smallest absolute Gasteiger partial charge is 0.246 e. The van der Waals surface area contributed by atoms with Gasteiger partial charge in [-0.1, -0.05) is 48.5 Å². The van der Waals surface area contributed by atoms with E-state index >= 15 is 0 Å². The number of likely N-dealkylation sites (tertiary alicyclic amines) is 1. The van der Waals surface area contributed by atoms with E-state index in [2.05, 4.69) is 29.3 Å². The first-order valence-corrected chi connectivity index (χ1v) is 11.3. The molecule has 3 rings (SSSR count). The number of rotatable bonds is 9. The quantitative estimate of drug-likeness (QED) is 0.494. The molecule has 0 aliphatic carbocycles. The van der Waals surface area contributed by atoms with Crippen molar-refractivity contribution < 1.29 is 9.59 Å². The van der Waals surface area contributed by atoms with Crippen LogP contribution < -0.4 is 10.2 Å². The van der Waals surface area contributed by atoms with Crippen LogP contribution in [-0.4, -0.2) is 49.4 Å². The fourth-order valence-electron chi connectivity index (χ4n) is 3.93. The van der Waals surface area contributed by atoms with E-state index in [9.17, 15) is 9.59 Å². The molecule has 164 valence electrons. The van der Waals surface area contributed by atoms with Crippen LogP contribution in [0.1, 0.15) is 31.7 Å². The number of nitrogens with zero attached hydrogens (tertiary/aromatic N) is 2. The minimum Gasteiger partial charge on any atom is -0.372 e. The van der Waals surface area contributed by atoms with Crippen LogP contribution in [0.15, 0.2) is 66.7 Å². The molecular formula is C26H33N3O2. The van der Waals surface area contributed by atoms with Crippen molar-refractivity contribution in [3.05, 3.63) is 72.3 Å². The first-order valence-electron chi connectivity index (χ1n) is 11.3. The second-order valence-electron chi connectivity index (χ2n) is 7.90. The monoisotopic (exact) mass is 419 g/mol. The molecule has 0 unspecified atom stereocenters. The van der Waals surface area contributed by atoms with Crippen molar-refractivity contribution in [1.82, 2.24) is 10.2 Å². The Bertz CT molecular complexity index is 843.